The third-order valence-electron chi connectivity index (χ3n) is 2.44. The second-order valence-corrected chi connectivity index (χ2v) is 5.97. The van der Waals surface area contributed by atoms with Crippen molar-refractivity contribution >= 4 is 40.3 Å². The summed E-state index contributed by atoms with van der Waals surface area (Å²) in [6, 6.07) is 4.49. The molecule has 0 aromatic heterocycles. The first-order valence-corrected chi connectivity index (χ1v) is 7.24. The van der Waals surface area contributed by atoms with Gasteiger partial charge in [-0.25, -0.2) is 4.39 Å². The molecule has 2 nitrogen and oxygen atoms in total. The molecule has 0 saturated carbocycles. The topological polar surface area (TPSA) is 29.1 Å². The highest BCUT2D eigenvalue weighted by Gasteiger charge is 2.19. The maximum atomic E-state index is 12.9. The summed E-state index contributed by atoms with van der Waals surface area (Å²) in [4.78, 5) is 11.9. The van der Waals surface area contributed by atoms with Gasteiger partial charge in [-0.15, -0.1) is 0 Å². The molecular formula is C11H11FINOS. The number of carbonyl (C=O) groups is 1. The summed E-state index contributed by atoms with van der Waals surface area (Å²) in [6.07, 6.45) is 1.02. The molecule has 0 aliphatic carbocycles. The number of hydrogen-bond donors (Lipinski definition) is 1. The Labute approximate surface area is 112 Å². The van der Waals surface area contributed by atoms with Gasteiger partial charge in [0.25, 0.3) is 5.91 Å². The van der Waals surface area contributed by atoms with Crippen molar-refractivity contribution < 1.29 is 9.18 Å². The molecule has 1 amide bonds. The Morgan fingerprint density at radius 3 is 3.00 bits per heavy atom. The smallest absolute Gasteiger partial charge is 0.252 e. The van der Waals surface area contributed by atoms with Crippen molar-refractivity contribution in [1.82, 2.24) is 5.32 Å². The van der Waals surface area contributed by atoms with Gasteiger partial charge >= 0.3 is 0 Å². The van der Waals surface area contributed by atoms with Crippen molar-refractivity contribution in [3.8, 4) is 0 Å². The van der Waals surface area contributed by atoms with Crippen LogP contribution in [0.2, 0.25) is 0 Å². The molecule has 86 valence electrons. The number of thioether (sulfide) groups is 1. The van der Waals surface area contributed by atoms with E-state index in [0.717, 1.165) is 17.9 Å². The number of rotatable bonds is 2. The van der Waals surface area contributed by atoms with E-state index < -0.39 is 0 Å². The lowest BCUT2D eigenvalue weighted by Crippen LogP contribution is -2.35. The van der Waals surface area contributed by atoms with Gasteiger partial charge in [-0.05, 0) is 53.0 Å². The number of halogens is 2. The van der Waals surface area contributed by atoms with E-state index in [-0.39, 0.29) is 17.8 Å². The summed E-state index contributed by atoms with van der Waals surface area (Å²) in [5.74, 6) is 1.67. The van der Waals surface area contributed by atoms with E-state index in [0.29, 0.717) is 9.13 Å². The quantitative estimate of drug-likeness (QED) is 0.831. The summed E-state index contributed by atoms with van der Waals surface area (Å²) in [7, 11) is 0. The van der Waals surface area contributed by atoms with E-state index >= 15 is 0 Å². The fraction of sp³-hybridized carbons (Fsp3) is 0.364. The molecule has 1 fully saturated rings. The molecule has 5 heteroatoms. The predicted molar refractivity (Wildman–Crippen MR) is 72.3 cm³/mol. The number of nitrogens with one attached hydrogen (secondary N) is 1. The average Bonchev–Trinajstić information content (AvgIpc) is 2.70. The van der Waals surface area contributed by atoms with Gasteiger partial charge in [0, 0.05) is 15.4 Å². The molecule has 1 N–H and O–H groups in total. The average molecular weight is 351 g/mol. The Balaban J connectivity index is 2.08. The normalized spacial score (nSPS) is 19.8. The van der Waals surface area contributed by atoms with E-state index in [2.05, 4.69) is 5.32 Å². The molecule has 0 bridgehead atoms. The molecule has 1 aromatic rings. The maximum Gasteiger partial charge on any atom is 0.252 e. The maximum absolute atomic E-state index is 12.9. The van der Waals surface area contributed by atoms with E-state index in [4.69, 9.17) is 0 Å². The number of amides is 1. The molecule has 1 saturated heterocycles. The van der Waals surface area contributed by atoms with E-state index in [1.807, 2.05) is 34.4 Å². The van der Waals surface area contributed by atoms with Crippen LogP contribution in [0.25, 0.3) is 0 Å². The molecule has 0 spiro atoms. The van der Waals surface area contributed by atoms with Crippen molar-refractivity contribution in [3.05, 3.63) is 33.1 Å². The van der Waals surface area contributed by atoms with Gasteiger partial charge in [-0.1, -0.05) is 0 Å². The second kappa shape index (κ2) is 5.35. The highest BCUT2D eigenvalue weighted by Crippen LogP contribution is 2.19. The van der Waals surface area contributed by atoms with Crippen LogP contribution in [-0.4, -0.2) is 23.5 Å². The van der Waals surface area contributed by atoms with Crippen molar-refractivity contribution in [2.45, 2.75) is 12.5 Å². The minimum Gasteiger partial charge on any atom is -0.348 e. The molecule has 1 aromatic carbocycles. The van der Waals surface area contributed by atoms with Gasteiger partial charge < -0.3 is 5.32 Å². The van der Waals surface area contributed by atoms with Crippen LogP contribution in [0, 0.1) is 9.39 Å². The Hall–Kier alpha value is -0.300. The van der Waals surface area contributed by atoms with Crippen LogP contribution in [0.3, 0.4) is 0 Å². The standard InChI is InChI=1S/C11H11FINOS/c12-7-1-2-9(10(13)5-7)11(15)14-8-3-4-16-6-8/h1-2,5,8H,3-4,6H2,(H,14,15). The van der Waals surface area contributed by atoms with Crippen LogP contribution in [0.4, 0.5) is 4.39 Å². The molecule has 2 rings (SSSR count). The van der Waals surface area contributed by atoms with Crippen molar-refractivity contribution in [1.29, 1.82) is 0 Å². The molecule has 16 heavy (non-hydrogen) atoms. The monoisotopic (exact) mass is 351 g/mol. The highest BCUT2D eigenvalue weighted by atomic mass is 127. The third kappa shape index (κ3) is 2.88. The van der Waals surface area contributed by atoms with Crippen molar-refractivity contribution in [2.75, 3.05) is 11.5 Å². The highest BCUT2D eigenvalue weighted by molar-refractivity contribution is 14.1. The lowest BCUT2D eigenvalue weighted by Gasteiger charge is -2.12. The molecule has 1 heterocycles. The Morgan fingerprint density at radius 1 is 1.56 bits per heavy atom. The second-order valence-electron chi connectivity index (χ2n) is 3.66. The summed E-state index contributed by atoms with van der Waals surface area (Å²) in [6.45, 7) is 0. The molecule has 1 atom stereocenters. The van der Waals surface area contributed by atoms with Crippen LogP contribution in [0.1, 0.15) is 16.8 Å². The number of hydrogen-bond acceptors (Lipinski definition) is 2. The van der Waals surface area contributed by atoms with Gasteiger partial charge in [0.1, 0.15) is 5.82 Å². The first-order valence-electron chi connectivity index (χ1n) is 5.00. The van der Waals surface area contributed by atoms with Gasteiger partial charge in [-0.3, -0.25) is 4.79 Å². The van der Waals surface area contributed by atoms with Crippen LogP contribution in [0.5, 0.6) is 0 Å². The number of carbonyl (C=O) groups excluding carboxylic acids is 1. The van der Waals surface area contributed by atoms with Crippen LogP contribution < -0.4 is 5.32 Å². The summed E-state index contributed by atoms with van der Waals surface area (Å²) in [5, 5.41) is 2.97. The van der Waals surface area contributed by atoms with Gasteiger partial charge in [0.15, 0.2) is 0 Å². The Kier molecular flexibility index (Phi) is 4.07. The largest absolute Gasteiger partial charge is 0.348 e. The summed E-state index contributed by atoms with van der Waals surface area (Å²) >= 11 is 3.83. The van der Waals surface area contributed by atoms with Gasteiger partial charge in [0.2, 0.25) is 0 Å². The van der Waals surface area contributed by atoms with Crippen molar-refractivity contribution in [2.24, 2.45) is 0 Å². The van der Waals surface area contributed by atoms with E-state index in [1.54, 1.807) is 0 Å². The van der Waals surface area contributed by atoms with Crippen LogP contribution >= 0.6 is 34.4 Å². The minimum absolute atomic E-state index is 0.100. The molecule has 1 aliphatic rings. The SMILES string of the molecule is O=C(NC1CCSC1)c1ccc(F)cc1I. The predicted octanol–water partition coefficient (Wildman–Crippen LogP) is 2.67. The Morgan fingerprint density at radius 2 is 2.38 bits per heavy atom. The molecule has 1 aliphatic heterocycles. The van der Waals surface area contributed by atoms with Gasteiger partial charge in [0.05, 0.1) is 5.56 Å². The molecular weight excluding hydrogens is 340 g/mol. The minimum atomic E-state index is -0.308. The first kappa shape index (κ1) is 12.2. The fourth-order valence-electron chi connectivity index (χ4n) is 1.59. The van der Waals surface area contributed by atoms with Gasteiger partial charge in [-0.2, -0.15) is 11.8 Å². The lowest BCUT2D eigenvalue weighted by atomic mass is 10.2. The van der Waals surface area contributed by atoms with E-state index in [9.17, 15) is 9.18 Å². The summed E-state index contributed by atoms with van der Waals surface area (Å²) in [5.41, 5.74) is 0.555. The molecule has 0 radical (unpaired) electrons. The molecule has 1 unspecified atom stereocenters. The fourth-order valence-corrected chi connectivity index (χ4v) is 3.46. The summed E-state index contributed by atoms with van der Waals surface area (Å²) < 4.78 is 13.5. The Bertz CT molecular complexity index is 407. The number of benzene rings is 1. The lowest BCUT2D eigenvalue weighted by molar-refractivity contribution is 0.0940. The van der Waals surface area contributed by atoms with Crippen LogP contribution in [0.15, 0.2) is 18.2 Å². The van der Waals surface area contributed by atoms with Crippen molar-refractivity contribution in [3.63, 3.8) is 0 Å². The zero-order valence-corrected chi connectivity index (χ0v) is 11.5. The third-order valence-corrected chi connectivity index (χ3v) is 4.50. The zero-order chi connectivity index (χ0) is 11.5. The first-order chi connectivity index (χ1) is 7.66. The van der Waals surface area contributed by atoms with E-state index in [1.165, 1.54) is 18.2 Å². The van der Waals surface area contributed by atoms with Crippen LogP contribution in [-0.2, 0) is 0 Å². The zero-order valence-electron chi connectivity index (χ0n) is 8.50.